The summed E-state index contributed by atoms with van der Waals surface area (Å²) in [7, 11) is 0. The van der Waals surface area contributed by atoms with Crippen molar-refractivity contribution in [2.75, 3.05) is 11.9 Å². The van der Waals surface area contributed by atoms with Crippen molar-refractivity contribution in [2.24, 2.45) is 0 Å². The Morgan fingerprint density at radius 3 is 2.50 bits per heavy atom. The zero-order valence-electron chi connectivity index (χ0n) is 11.1. The molecule has 0 aliphatic carbocycles. The molecule has 6 heteroatoms. The predicted molar refractivity (Wildman–Crippen MR) is 78.8 cm³/mol. The second kappa shape index (κ2) is 6.86. The third-order valence-corrected chi connectivity index (χ3v) is 2.87. The van der Waals surface area contributed by atoms with Crippen LogP contribution in [0, 0.1) is 0 Å². The zero-order chi connectivity index (χ0) is 14.4. The van der Waals surface area contributed by atoms with Crippen LogP contribution in [0.5, 0.6) is 0 Å². The summed E-state index contributed by atoms with van der Waals surface area (Å²) in [5, 5.41) is 14.4. The fraction of sp³-hybridized carbons (Fsp3) is 0.214. The van der Waals surface area contributed by atoms with Gasteiger partial charge in [0.2, 0.25) is 0 Å². The van der Waals surface area contributed by atoms with Crippen LogP contribution in [0.25, 0.3) is 0 Å². The Bertz CT molecular complexity index is 569. The Kier molecular flexibility index (Phi) is 4.90. The fourth-order valence-corrected chi connectivity index (χ4v) is 1.72. The summed E-state index contributed by atoms with van der Waals surface area (Å²) in [4.78, 5) is 11.5. The first-order chi connectivity index (χ1) is 9.69. The molecule has 1 heterocycles. The van der Waals surface area contributed by atoms with Crippen molar-refractivity contribution in [3.05, 3.63) is 52.7 Å². The molecule has 0 spiro atoms. The molecule has 1 aromatic carbocycles. The normalized spacial score (nSPS) is 10.1. The average Bonchev–Trinajstić information content (AvgIpc) is 2.47. The molecule has 0 aliphatic heterocycles. The number of benzene rings is 1. The van der Waals surface area contributed by atoms with Gasteiger partial charge in [-0.25, -0.2) is 0 Å². The molecule has 0 bridgehead atoms. The summed E-state index contributed by atoms with van der Waals surface area (Å²) in [6.07, 6.45) is 0. The Balaban J connectivity index is 1.93. The molecule has 104 valence electrons. The molecule has 2 aromatic rings. The van der Waals surface area contributed by atoms with Crippen LogP contribution in [0.15, 0.2) is 36.4 Å². The lowest BCUT2D eigenvalue weighted by Crippen LogP contribution is -2.24. The van der Waals surface area contributed by atoms with E-state index in [4.69, 9.17) is 11.6 Å². The van der Waals surface area contributed by atoms with Gasteiger partial charge >= 0.3 is 0 Å². The van der Waals surface area contributed by atoms with E-state index < -0.39 is 0 Å². The van der Waals surface area contributed by atoms with Crippen LogP contribution in [0.2, 0.25) is 5.02 Å². The maximum Gasteiger partial charge on any atom is 0.271 e. The molecule has 1 aromatic heterocycles. The Labute approximate surface area is 122 Å². The SMILES string of the molecule is CCNC(=O)c1ccc(NCc2ccc(Cl)cc2)nn1. The molecular formula is C14H15ClN4O. The van der Waals surface area contributed by atoms with Crippen LogP contribution in [-0.2, 0) is 6.54 Å². The van der Waals surface area contributed by atoms with E-state index in [9.17, 15) is 4.79 Å². The molecule has 0 unspecified atom stereocenters. The topological polar surface area (TPSA) is 66.9 Å². The molecule has 20 heavy (non-hydrogen) atoms. The van der Waals surface area contributed by atoms with Crippen LogP contribution in [0.4, 0.5) is 5.82 Å². The van der Waals surface area contributed by atoms with Crippen molar-refractivity contribution >= 4 is 23.3 Å². The molecule has 0 radical (unpaired) electrons. The third-order valence-electron chi connectivity index (χ3n) is 2.62. The monoisotopic (exact) mass is 290 g/mol. The van der Waals surface area contributed by atoms with Crippen molar-refractivity contribution in [3.8, 4) is 0 Å². The van der Waals surface area contributed by atoms with E-state index in [1.54, 1.807) is 12.1 Å². The van der Waals surface area contributed by atoms with Gasteiger partial charge in [-0.1, -0.05) is 23.7 Å². The average molecular weight is 291 g/mol. The molecule has 1 amide bonds. The van der Waals surface area contributed by atoms with Gasteiger partial charge in [0.05, 0.1) is 0 Å². The van der Waals surface area contributed by atoms with Crippen LogP contribution in [-0.4, -0.2) is 22.6 Å². The van der Waals surface area contributed by atoms with Crippen molar-refractivity contribution < 1.29 is 4.79 Å². The lowest BCUT2D eigenvalue weighted by molar-refractivity contribution is 0.0950. The number of aromatic nitrogens is 2. The number of hydrogen-bond donors (Lipinski definition) is 2. The second-order valence-corrected chi connectivity index (χ2v) is 4.58. The van der Waals surface area contributed by atoms with Crippen molar-refractivity contribution in [1.82, 2.24) is 15.5 Å². The Morgan fingerprint density at radius 1 is 1.15 bits per heavy atom. The molecule has 2 rings (SSSR count). The van der Waals surface area contributed by atoms with Crippen LogP contribution < -0.4 is 10.6 Å². The van der Waals surface area contributed by atoms with Gasteiger partial charge in [-0.2, -0.15) is 0 Å². The number of carbonyl (C=O) groups is 1. The van der Waals surface area contributed by atoms with Gasteiger partial charge in [0.15, 0.2) is 5.69 Å². The van der Waals surface area contributed by atoms with E-state index in [-0.39, 0.29) is 5.91 Å². The quantitative estimate of drug-likeness (QED) is 0.888. The summed E-state index contributed by atoms with van der Waals surface area (Å²) in [5.74, 6) is 0.400. The molecule has 2 N–H and O–H groups in total. The highest BCUT2D eigenvalue weighted by Gasteiger charge is 2.06. The van der Waals surface area contributed by atoms with E-state index >= 15 is 0 Å². The minimum atomic E-state index is -0.218. The van der Waals surface area contributed by atoms with Gasteiger partial charge in [0, 0.05) is 18.1 Å². The summed E-state index contributed by atoms with van der Waals surface area (Å²) in [6, 6.07) is 10.9. The van der Waals surface area contributed by atoms with Gasteiger partial charge in [0.1, 0.15) is 5.82 Å². The summed E-state index contributed by atoms with van der Waals surface area (Å²) >= 11 is 5.82. The van der Waals surface area contributed by atoms with E-state index in [0.717, 1.165) is 5.56 Å². The van der Waals surface area contributed by atoms with Gasteiger partial charge < -0.3 is 10.6 Å². The first kappa shape index (κ1) is 14.3. The van der Waals surface area contributed by atoms with Gasteiger partial charge in [-0.15, -0.1) is 10.2 Å². The highest BCUT2D eigenvalue weighted by atomic mass is 35.5. The largest absolute Gasteiger partial charge is 0.365 e. The Morgan fingerprint density at radius 2 is 1.90 bits per heavy atom. The highest BCUT2D eigenvalue weighted by molar-refractivity contribution is 6.30. The fourth-order valence-electron chi connectivity index (χ4n) is 1.59. The first-order valence-corrected chi connectivity index (χ1v) is 6.67. The zero-order valence-corrected chi connectivity index (χ0v) is 11.8. The third kappa shape index (κ3) is 3.93. The number of hydrogen-bond acceptors (Lipinski definition) is 4. The smallest absolute Gasteiger partial charge is 0.271 e. The van der Waals surface area contributed by atoms with Crippen LogP contribution >= 0.6 is 11.6 Å². The predicted octanol–water partition coefficient (Wildman–Crippen LogP) is 2.49. The maximum atomic E-state index is 11.5. The molecule has 0 fully saturated rings. The molecule has 0 aliphatic rings. The van der Waals surface area contributed by atoms with Gasteiger partial charge in [-0.3, -0.25) is 4.79 Å². The van der Waals surface area contributed by atoms with Gasteiger partial charge in [0.25, 0.3) is 5.91 Å². The maximum absolute atomic E-state index is 11.5. The van der Waals surface area contributed by atoms with E-state index in [0.29, 0.717) is 29.6 Å². The van der Waals surface area contributed by atoms with Crippen LogP contribution in [0.1, 0.15) is 23.0 Å². The molecule has 0 atom stereocenters. The first-order valence-electron chi connectivity index (χ1n) is 6.29. The lowest BCUT2D eigenvalue weighted by Gasteiger charge is -2.06. The standard InChI is InChI=1S/C14H15ClN4O/c1-2-16-14(20)12-7-8-13(19-18-12)17-9-10-3-5-11(15)6-4-10/h3-8H,2,9H2,1H3,(H,16,20)(H,17,19). The molecule has 5 nitrogen and oxygen atoms in total. The molecule has 0 saturated heterocycles. The van der Waals surface area contributed by atoms with E-state index in [2.05, 4.69) is 20.8 Å². The second-order valence-electron chi connectivity index (χ2n) is 4.14. The number of nitrogens with zero attached hydrogens (tertiary/aromatic N) is 2. The van der Waals surface area contributed by atoms with Gasteiger partial charge in [-0.05, 0) is 36.8 Å². The summed E-state index contributed by atoms with van der Waals surface area (Å²) in [5.41, 5.74) is 1.40. The van der Waals surface area contributed by atoms with E-state index in [1.165, 1.54) is 0 Å². The summed E-state index contributed by atoms with van der Waals surface area (Å²) < 4.78 is 0. The molecular weight excluding hydrogens is 276 g/mol. The van der Waals surface area contributed by atoms with Crippen LogP contribution in [0.3, 0.4) is 0 Å². The highest BCUT2D eigenvalue weighted by Crippen LogP contribution is 2.11. The van der Waals surface area contributed by atoms with Crippen molar-refractivity contribution in [3.63, 3.8) is 0 Å². The van der Waals surface area contributed by atoms with Crippen molar-refractivity contribution in [1.29, 1.82) is 0 Å². The number of halogens is 1. The number of amides is 1. The lowest BCUT2D eigenvalue weighted by atomic mass is 10.2. The number of rotatable bonds is 5. The number of nitrogens with one attached hydrogen (secondary N) is 2. The molecule has 0 saturated carbocycles. The van der Waals surface area contributed by atoms with E-state index in [1.807, 2.05) is 31.2 Å². The number of carbonyl (C=O) groups excluding carboxylic acids is 1. The number of anilines is 1. The van der Waals surface area contributed by atoms with Crippen molar-refractivity contribution in [2.45, 2.75) is 13.5 Å². The summed E-state index contributed by atoms with van der Waals surface area (Å²) in [6.45, 7) is 3.04. The minimum absolute atomic E-state index is 0.218. The Hall–Kier alpha value is -2.14. The minimum Gasteiger partial charge on any atom is -0.365 e.